The molecule has 172 valence electrons. The van der Waals surface area contributed by atoms with Crippen LogP contribution in [0.5, 0.6) is 0 Å². The summed E-state index contributed by atoms with van der Waals surface area (Å²) < 4.78 is 13.1. The number of fused-ring (bicyclic) bond motifs is 4. The Hall–Kier alpha value is -3.20. The lowest BCUT2D eigenvalue weighted by Gasteiger charge is -2.34. The SMILES string of the molecule is COC(=O)NCCc1cn([C@@]23CCN(C(=O)OC)[C@@H]2Nc2c(Br)cccc23)c2ccccc12. The summed E-state index contributed by atoms with van der Waals surface area (Å²) in [4.78, 5) is 25.9. The fourth-order valence-electron chi connectivity index (χ4n) is 5.31. The first-order valence-electron chi connectivity index (χ1n) is 10.8. The number of nitrogens with zero attached hydrogens (tertiary/aromatic N) is 2. The third kappa shape index (κ3) is 3.25. The summed E-state index contributed by atoms with van der Waals surface area (Å²) >= 11 is 3.68. The van der Waals surface area contributed by atoms with Crippen molar-refractivity contribution in [1.82, 2.24) is 14.8 Å². The zero-order valence-corrected chi connectivity index (χ0v) is 20.0. The summed E-state index contributed by atoms with van der Waals surface area (Å²) in [5.74, 6) is 0. The fraction of sp³-hybridized carbons (Fsp3) is 0.333. The summed E-state index contributed by atoms with van der Waals surface area (Å²) in [6.45, 7) is 1.04. The molecule has 3 heterocycles. The lowest BCUT2D eigenvalue weighted by Crippen LogP contribution is -2.49. The van der Waals surface area contributed by atoms with Crippen LogP contribution in [-0.2, 0) is 21.4 Å². The van der Waals surface area contributed by atoms with E-state index in [1.165, 1.54) is 14.2 Å². The maximum atomic E-state index is 12.7. The Morgan fingerprint density at radius 3 is 2.79 bits per heavy atom. The van der Waals surface area contributed by atoms with Gasteiger partial charge in [-0.05, 0) is 46.5 Å². The van der Waals surface area contributed by atoms with Gasteiger partial charge in [-0.15, -0.1) is 0 Å². The molecule has 1 fully saturated rings. The Kier molecular flexibility index (Phi) is 5.44. The van der Waals surface area contributed by atoms with Gasteiger partial charge < -0.3 is 24.7 Å². The minimum atomic E-state index is -0.499. The van der Waals surface area contributed by atoms with Gasteiger partial charge in [-0.1, -0.05) is 30.3 Å². The van der Waals surface area contributed by atoms with Crippen molar-refractivity contribution in [2.45, 2.75) is 24.5 Å². The normalized spacial score (nSPS) is 20.8. The van der Waals surface area contributed by atoms with E-state index in [0.29, 0.717) is 19.5 Å². The molecule has 2 aliphatic rings. The van der Waals surface area contributed by atoms with Crippen LogP contribution >= 0.6 is 15.9 Å². The predicted octanol–water partition coefficient (Wildman–Crippen LogP) is 4.27. The Balaban J connectivity index is 1.65. The number of carbonyl (C=O) groups excluding carboxylic acids is 2. The highest BCUT2D eigenvalue weighted by Crippen LogP contribution is 2.53. The summed E-state index contributed by atoms with van der Waals surface area (Å²) in [5.41, 5.74) is 3.82. The molecule has 0 radical (unpaired) electrons. The van der Waals surface area contributed by atoms with E-state index < -0.39 is 11.6 Å². The molecule has 0 spiro atoms. The monoisotopic (exact) mass is 512 g/mol. The van der Waals surface area contributed by atoms with E-state index in [9.17, 15) is 9.59 Å². The number of aromatic nitrogens is 1. The first-order valence-corrected chi connectivity index (χ1v) is 11.6. The maximum Gasteiger partial charge on any atom is 0.411 e. The maximum absolute atomic E-state index is 12.7. The van der Waals surface area contributed by atoms with Crippen molar-refractivity contribution in [3.05, 3.63) is 64.3 Å². The van der Waals surface area contributed by atoms with Crippen molar-refractivity contribution in [1.29, 1.82) is 0 Å². The van der Waals surface area contributed by atoms with Gasteiger partial charge >= 0.3 is 12.2 Å². The number of likely N-dealkylation sites (tertiary alicyclic amines) is 1. The molecule has 0 unspecified atom stereocenters. The number of anilines is 1. The van der Waals surface area contributed by atoms with Crippen molar-refractivity contribution in [2.75, 3.05) is 32.6 Å². The fourth-order valence-corrected chi connectivity index (χ4v) is 5.79. The van der Waals surface area contributed by atoms with Crippen LogP contribution in [0.15, 0.2) is 53.1 Å². The summed E-state index contributed by atoms with van der Waals surface area (Å²) in [6, 6.07) is 14.4. The number of halogens is 1. The minimum Gasteiger partial charge on any atom is -0.453 e. The molecule has 1 saturated heterocycles. The molecule has 8 nitrogen and oxygen atoms in total. The average Bonchev–Trinajstić information content (AvgIpc) is 3.48. The van der Waals surface area contributed by atoms with Gasteiger partial charge in [0.25, 0.3) is 0 Å². The molecule has 9 heteroatoms. The number of amides is 2. The van der Waals surface area contributed by atoms with Gasteiger partial charge in [0.2, 0.25) is 0 Å². The number of benzene rings is 2. The summed E-state index contributed by atoms with van der Waals surface area (Å²) in [7, 11) is 2.77. The predicted molar refractivity (Wildman–Crippen MR) is 128 cm³/mol. The number of rotatable bonds is 4. The van der Waals surface area contributed by atoms with Crippen LogP contribution in [0, 0.1) is 0 Å². The Labute approximate surface area is 200 Å². The molecule has 0 saturated carbocycles. The topological polar surface area (TPSA) is 84.8 Å². The highest BCUT2D eigenvalue weighted by molar-refractivity contribution is 9.10. The lowest BCUT2D eigenvalue weighted by atomic mass is 9.88. The molecule has 33 heavy (non-hydrogen) atoms. The van der Waals surface area contributed by atoms with Crippen molar-refractivity contribution < 1.29 is 19.1 Å². The molecule has 0 bridgehead atoms. The average molecular weight is 513 g/mol. The van der Waals surface area contributed by atoms with E-state index in [4.69, 9.17) is 9.47 Å². The minimum absolute atomic E-state index is 0.296. The third-order valence-electron chi connectivity index (χ3n) is 6.74. The van der Waals surface area contributed by atoms with E-state index in [-0.39, 0.29) is 12.3 Å². The molecule has 0 aliphatic carbocycles. The number of methoxy groups -OCH3 is 2. The Morgan fingerprint density at radius 2 is 2.00 bits per heavy atom. The number of alkyl carbamates (subject to hydrolysis) is 1. The van der Waals surface area contributed by atoms with E-state index in [0.717, 1.165) is 38.6 Å². The first-order chi connectivity index (χ1) is 16.0. The third-order valence-corrected chi connectivity index (χ3v) is 7.40. The smallest absolute Gasteiger partial charge is 0.411 e. The molecular formula is C24H25BrN4O4. The van der Waals surface area contributed by atoms with Gasteiger partial charge in [-0.25, -0.2) is 9.59 Å². The molecule has 2 aromatic carbocycles. The van der Waals surface area contributed by atoms with Gasteiger partial charge in [0.05, 0.1) is 19.9 Å². The van der Waals surface area contributed by atoms with E-state index in [1.54, 1.807) is 4.90 Å². The van der Waals surface area contributed by atoms with Crippen LogP contribution in [0.2, 0.25) is 0 Å². The summed E-state index contributed by atoms with van der Waals surface area (Å²) in [5, 5.41) is 7.48. The van der Waals surface area contributed by atoms with E-state index >= 15 is 0 Å². The number of nitrogens with one attached hydrogen (secondary N) is 2. The Bertz CT molecular complexity index is 1240. The van der Waals surface area contributed by atoms with Gasteiger partial charge in [-0.3, -0.25) is 4.90 Å². The molecule has 5 rings (SSSR count). The molecule has 2 amide bonds. The summed E-state index contributed by atoms with van der Waals surface area (Å²) in [6.07, 6.45) is 2.47. The molecule has 2 aliphatic heterocycles. The second-order valence-corrected chi connectivity index (χ2v) is 9.11. The van der Waals surface area contributed by atoms with Crippen molar-refractivity contribution in [3.63, 3.8) is 0 Å². The number of carbonyl (C=O) groups is 2. The van der Waals surface area contributed by atoms with Gasteiger partial charge in [0.1, 0.15) is 11.7 Å². The van der Waals surface area contributed by atoms with Gasteiger partial charge in [0.15, 0.2) is 0 Å². The molecule has 2 atom stereocenters. The number of hydrogen-bond acceptors (Lipinski definition) is 5. The van der Waals surface area contributed by atoms with E-state index in [2.05, 4.69) is 55.5 Å². The van der Waals surface area contributed by atoms with Crippen molar-refractivity contribution in [2.24, 2.45) is 0 Å². The number of para-hydroxylation sites is 2. The second kappa shape index (κ2) is 8.30. The lowest BCUT2D eigenvalue weighted by molar-refractivity contribution is 0.116. The van der Waals surface area contributed by atoms with Gasteiger partial charge in [-0.2, -0.15) is 0 Å². The first kappa shape index (κ1) is 21.6. The van der Waals surface area contributed by atoms with Gasteiger partial charge in [0, 0.05) is 40.2 Å². The zero-order chi connectivity index (χ0) is 23.2. The van der Waals surface area contributed by atoms with Crippen LogP contribution in [0.4, 0.5) is 15.3 Å². The van der Waals surface area contributed by atoms with Crippen LogP contribution < -0.4 is 10.6 Å². The highest BCUT2D eigenvalue weighted by atomic mass is 79.9. The van der Waals surface area contributed by atoms with Crippen molar-refractivity contribution in [3.8, 4) is 0 Å². The quantitative estimate of drug-likeness (QED) is 0.545. The standard InChI is InChI=1S/C24H25BrN4O4/c1-32-22(30)26-12-10-15-14-29(19-9-4-3-6-16(15)19)24-11-13-28(23(31)33-2)21(24)27-20-17(24)7-5-8-18(20)25/h3-9,14,21,27H,10-13H2,1-2H3,(H,26,30)/t21-,24+/m0/s1. The molecule has 3 aromatic rings. The van der Waals surface area contributed by atoms with Crippen LogP contribution in [-0.4, -0.2) is 55.1 Å². The zero-order valence-electron chi connectivity index (χ0n) is 18.4. The van der Waals surface area contributed by atoms with Crippen LogP contribution in [0.1, 0.15) is 17.5 Å². The molecular weight excluding hydrogens is 488 g/mol. The number of ether oxygens (including phenoxy) is 2. The van der Waals surface area contributed by atoms with Crippen LogP contribution in [0.3, 0.4) is 0 Å². The highest BCUT2D eigenvalue weighted by Gasteiger charge is 2.57. The molecule has 1 aromatic heterocycles. The van der Waals surface area contributed by atoms with Crippen LogP contribution in [0.25, 0.3) is 10.9 Å². The second-order valence-electron chi connectivity index (χ2n) is 8.26. The van der Waals surface area contributed by atoms with E-state index in [1.807, 2.05) is 24.3 Å². The Morgan fingerprint density at radius 1 is 1.18 bits per heavy atom. The largest absolute Gasteiger partial charge is 0.453 e. The van der Waals surface area contributed by atoms with Crippen molar-refractivity contribution >= 4 is 44.7 Å². The number of hydrogen-bond donors (Lipinski definition) is 2. The molecule has 2 N–H and O–H groups in total.